The van der Waals surface area contributed by atoms with E-state index in [1.165, 1.54) is 23.5 Å². The van der Waals surface area contributed by atoms with Gasteiger partial charge in [-0.2, -0.15) is 0 Å². The van der Waals surface area contributed by atoms with Crippen molar-refractivity contribution >= 4 is 33.5 Å². The van der Waals surface area contributed by atoms with E-state index in [2.05, 4.69) is 15.3 Å². The summed E-state index contributed by atoms with van der Waals surface area (Å²) in [5.74, 6) is -0.287. The minimum atomic E-state index is -0.555. The van der Waals surface area contributed by atoms with Crippen molar-refractivity contribution in [3.63, 3.8) is 0 Å². The minimum absolute atomic E-state index is 0.139. The highest BCUT2D eigenvalue weighted by Crippen LogP contribution is 2.33. The zero-order valence-electron chi connectivity index (χ0n) is 16.2. The largest absolute Gasteiger partial charge is 0.444 e. The summed E-state index contributed by atoms with van der Waals surface area (Å²) in [7, 11) is 1.93. The van der Waals surface area contributed by atoms with Gasteiger partial charge in [0, 0.05) is 12.6 Å². The van der Waals surface area contributed by atoms with Crippen LogP contribution in [-0.4, -0.2) is 20.6 Å². The average molecular weight is 410 g/mol. The molecule has 0 fully saturated rings. The number of carbonyl (C=O) groups is 1. The second-order valence-electron chi connectivity index (χ2n) is 6.77. The molecule has 0 radical (unpaired) electrons. The number of fused-ring (bicyclic) bond motifs is 1. The number of aryl methyl sites for hydroxylation is 3. The maximum Gasteiger partial charge on any atom is 0.412 e. The Morgan fingerprint density at radius 1 is 1.24 bits per heavy atom. The van der Waals surface area contributed by atoms with Gasteiger partial charge in [0.1, 0.15) is 22.4 Å². The standard InChI is InChI=1S/C21H19FN4O2S/c1-12-8-15(22)5-6-16(12)20-24-13(2)19(29-20)25-21(27)28-10-14-4-7-18-17(9-14)23-11-26(18)3/h4-9,11H,10H2,1-3H3,(H,25,27). The fraction of sp³-hybridized carbons (Fsp3) is 0.190. The van der Waals surface area contributed by atoms with Crippen molar-refractivity contribution in [3.8, 4) is 10.6 Å². The molecular formula is C21H19FN4O2S. The number of hydrogen-bond acceptors (Lipinski definition) is 5. The normalized spacial score (nSPS) is 11.0. The predicted octanol–water partition coefficient (Wildman–Crippen LogP) is 5.20. The third-order valence-electron chi connectivity index (χ3n) is 4.59. The van der Waals surface area contributed by atoms with Crippen molar-refractivity contribution in [1.29, 1.82) is 0 Å². The first-order valence-electron chi connectivity index (χ1n) is 8.98. The van der Waals surface area contributed by atoms with Gasteiger partial charge in [0.2, 0.25) is 0 Å². The van der Waals surface area contributed by atoms with Crippen LogP contribution in [0.1, 0.15) is 16.8 Å². The van der Waals surface area contributed by atoms with E-state index >= 15 is 0 Å². The van der Waals surface area contributed by atoms with Gasteiger partial charge in [-0.05, 0) is 55.3 Å². The number of thiazole rings is 1. The number of amides is 1. The lowest BCUT2D eigenvalue weighted by Gasteiger charge is -2.06. The van der Waals surface area contributed by atoms with E-state index in [0.717, 1.165) is 32.7 Å². The lowest BCUT2D eigenvalue weighted by atomic mass is 10.1. The van der Waals surface area contributed by atoms with E-state index in [-0.39, 0.29) is 12.4 Å². The summed E-state index contributed by atoms with van der Waals surface area (Å²) in [6.45, 7) is 3.78. The summed E-state index contributed by atoms with van der Waals surface area (Å²) in [5, 5.41) is 4.07. The van der Waals surface area contributed by atoms with Crippen LogP contribution < -0.4 is 5.32 Å². The Balaban J connectivity index is 1.43. The molecule has 0 unspecified atom stereocenters. The molecule has 2 aromatic carbocycles. The molecule has 8 heteroatoms. The number of imidazole rings is 1. The smallest absolute Gasteiger partial charge is 0.412 e. The fourth-order valence-corrected chi connectivity index (χ4v) is 4.09. The molecule has 2 heterocycles. The number of nitrogens with one attached hydrogen (secondary N) is 1. The van der Waals surface area contributed by atoms with Crippen LogP contribution in [0.3, 0.4) is 0 Å². The van der Waals surface area contributed by atoms with Crippen LogP contribution in [0.25, 0.3) is 21.6 Å². The van der Waals surface area contributed by atoms with Crippen LogP contribution in [0, 0.1) is 19.7 Å². The van der Waals surface area contributed by atoms with E-state index in [9.17, 15) is 9.18 Å². The topological polar surface area (TPSA) is 69.0 Å². The molecule has 0 atom stereocenters. The first-order chi connectivity index (χ1) is 13.9. The van der Waals surface area contributed by atoms with E-state index in [1.54, 1.807) is 12.4 Å². The van der Waals surface area contributed by atoms with Gasteiger partial charge in [0.05, 0.1) is 23.1 Å². The molecule has 4 aromatic rings. The summed E-state index contributed by atoms with van der Waals surface area (Å²) >= 11 is 1.33. The van der Waals surface area contributed by atoms with Crippen molar-refractivity contribution in [2.24, 2.45) is 7.05 Å². The molecule has 6 nitrogen and oxygen atoms in total. The number of rotatable bonds is 4. The molecule has 0 spiro atoms. The van der Waals surface area contributed by atoms with Gasteiger partial charge in [-0.15, -0.1) is 0 Å². The summed E-state index contributed by atoms with van der Waals surface area (Å²) in [6, 6.07) is 10.3. The van der Waals surface area contributed by atoms with E-state index in [0.29, 0.717) is 10.7 Å². The maximum atomic E-state index is 13.3. The second kappa shape index (κ2) is 7.63. The maximum absolute atomic E-state index is 13.3. The molecule has 1 amide bonds. The van der Waals surface area contributed by atoms with E-state index in [4.69, 9.17) is 4.74 Å². The number of hydrogen-bond donors (Lipinski definition) is 1. The number of carbonyl (C=O) groups excluding carboxylic acids is 1. The lowest BCUT2D eigenvalue weighted by molar-refractivity contribution is 0.155. The van der Waals surface area contributed by atoms with E-state index in [1.807, 2.05) is 43.7 Å². The summed E-state index contributed by atoms with van der Waals surface area (Å²) in [5.41, 5.74) is 5.03. The highest BCUT2D eigenvalue weighted by molar-refractivity contribution is 7.19. The zero-order valence-corrected chi connectivity index (χ0v) is 17.0. The third-order valence-corrected chi connectivity index (χ3v) is 5.70. The van der Waals surface area contributed by atoms with Crippen molar-refractivity contribution in [3.05, 3.63) is 65.4 Å². The molecule has 29 heavy (non-hydrogen) atoms. The van der Waals surface area contributed by atoms with Gasteiger partial charge >= 0.3 is 6.09 Å². The minimum Gasteiger partial charge on any atom is -0.444 e. The van der Waals surface area contributed by atoms with Gasteiger partial charge in [0.25, 0.3) is 0 Å². The molecule has 1 N–H and O–H groups in total. The predicted molar refractivity (Wildman–Crippen MR) is 112 cm³/mol. The number of benzene rings is 2. The Hall–Kier alpha value is -3.26. The Kier molecular flexibility index (Phi) is 5.02. The van der Waals surface area contributed by atoms with Crippen LogP contribution in [0.2, 0.25) is 0 Å². The Labute approximate surface area is 171 Å². The highest BCUT2D eigenvalue weighted by atomic mass is 32.1. The average Bonchev–Trinajstić information content (AvgIpc) is 3.23. The Bertz CT molecular complexity index is 1210. The fourth-order valence-electron chi connectivity index (χ4n) is 3.04. The molecular weight excluding hydrogens is 391 g/mol. The SMILES string of the molecule is Cc1cc(F)ccc1-c1nc(C)c(NC(=O)OCc2ccc3c(c2)ncn3C)s1. The number of nitrogens with zero attached hydrogens (tertiary/aromatic N) is 3. The molecule has 0 saturated carbocycles. The first-order valence-corrected chi connectivity index (χ1v) is 9.80. The van der Waals surface area contributed by atoms with Crippen LogP contribution in [0.5, 0.6) is 0 Å². The highest BCUT2D eigenvalue weighted by Gasteiger charge is 2.15. The van der Waals surface area contributed by atoms with Crippen molar-refractivity contribution in [2.75, 3.05) is 5.32 Å². The van der Waals surface area contributed by atoms with E-state index < -0.39 is 6.09 Å². The number of halogens is 1. The van der Waals surface area contributed by atoms with Gasteiger partial charge in [-0.1, -0.05) is 17.4 Å². The molecule has 0 aliphatic rings. The summed E-state index contributed by atoms with van der Waals surface area (Å²) in [4.78, 5) is 21.0. The number of ether oxygens (including phenoxy) is 1. The van der Waals surface area contributed by atoms with Gasteiger partial charge in [0.15, 0.2) is 0 Å². The van der Waals surface area contributed by atoms with Crippen LogP contribution >= 0.6 is 11.3 Å². The van der Waals surface area contributed by atoms with Gasteiger partial charge in [-0.25, -0.2) is 19.2 Å². The zero-order chi connectivity index (χ0) is 20.5. The Morgan fingerprint density at radius 3 is 2.86 bits per heavy atom. The first kappa shape index (κ1) is 19.1. The lowest BCUT2D eigenvalue weighted by Crippen LogP contribution is -2.13. The van der Waals surface area contributed by atoms with Crippen molar-refractivity contribution < 1.29 is 13.9 Å². The van der Waals surface area contributed by atoms with Crippen LogP contribution in [-0.2, 0) is 18.4 Å². The molecule has 0 aliphatic carbocycles. The molecule has 2 aromatic heterocycles. The molecule has 148 valence electrons. The number of aromatic nitrogens is 3. The van der Waals surface area contributed by atoms with Crippen LogP contribution in [0.15, 0.2) is 42.7 Å². The second-order valence-corrected chi connectivity index (χ2v) is 7.77. The number of anilines is 1. The molecule has 0 bridgehead atoms. The monoisotopic (exact) mass is 410 g/mol. The summed E-state index contributed by atoms with van der Waals surface area (Å²) < 4.78 is 20.6. The van der Waals surface area contributed by atoms with Crippen LogP contribution in [0.4, 0.5) is 14.2 Å². The quantitative estimate of drug-likeness (QED) is 0.502. The molecule has 4 rings (SSSR count). The molecule has 0 saturated heterocycles. The van der Waals surface area contributed by atoms with Gasteiger partial charge < -0.3 is 9.30 Å². The van der Waals surface area contributed by atoms with Crippen molar-refractivity contribution in [1.82, 2.24) is 14.5 Å². The Morgan fingerprint density at radius 2 is 2.07 bits per heavy atom. The summed E-state index contributed by atoms with van der Waals surface area (Å²) in [6.07, 6.45) is 1.19. The van der Waals surface area contributed by atoms with Gasteiger partial charge in [-0.3, -0.25) is 5.32 Å². The third kappa shape index (κ3) is 3.97. The van der Waals surface area contributed by atoms with Crippen molar-refractivity contribution in [2.45, 2.75) is 20.5 Å². The molecule has 0 aliphatic heterocycles.